The molecule has 1 aromatic rings. The molecule has 1 N–H and O–H groups in total. The maximum Gasteiger partial charge on any atom is 0.253 e. The molecule has 1 fully saturated rings. The molecule has 2 amide bonds. The van der Waals surface area contributed by atoms with Crippen LogP contribution in [-0.4, -0.2) is 44.0 Å². The van der Waals surface area contributed by atoms with E-state index in [0.29, 0.717) is 35.9 Å². The van der Waals surface area contributed by atoms with Crippen molar-refractivity contribution in [1.82, 2.24) is 4.90 Å². The second-order valence-corrected chi connectivity index (χ2v) is 5.35. The van der Waals surface area contributed by atoms with Crippen LogP contribution in [0.2, 0.25) is 5.02 Å². The van der Waals surface area contributed by atoms with Crippen LogP contribution in [0.25, 0.3) is 0 Å². The molecule has 0 spiro atoms. The molecule has 0 bridgehead atoms. The summed E-state index contributed by atoms with van der Waals surface area (Å²) in [5.74, 6) is -0.417. The van der Waals surface area contributed by atoms with Gasteiger partial charge in [0.05, 0.1) is 23.2 Å². The molecule has 1 aliphatic rings. The number of nitrogens with zero attached hydrogens (tertiary/aromatic N) is 1. The summed E-state index contributed by atoms with van der Waals surface area (Å²) in [6.45, 7) is 1.03. The van der Waals surface area contributed by atoms with Crippen molar-refractivity contribution < 1.29 is 14.3 Å². The van der Waals surface area contributed by atoms with Crippen molar-refractivity contribution in [3.05, 3.63) is 28.8 Å². The molecule has 1 aromatic carbocycles. The zero-order valence-corrected chi connectivity index (χ0v) is 12.2. The lowest BCUT2D eigenvalue weighted by molar-refractivity contribution is -0.119. The van der Waals surface area contributed by atoms with E-state index in [-0.39, 0.29) is 17.7 Å². The first-order chi connectivity index (χ1) is 9.49. The number of ether oxygens (including phenoxy) is 1. The molecule has 0 saturated carbocycles. The zero-order valence-electron chi connectivity index (χ0n) is 11.5. The minimum absolute atomic E-state index is 0.126. The van der Waals surface area contributed by atoms with Crippen LogP contribution in [0.4, 0.5) is 5.69 Å². The van der Waals surface area contributed by atoms with Gasteiger partial charge in [-0.1, -0.05) is 11.6 Å². The van der Waals surface area contributed by atoms with Crippen LogP contribution in [0.15, 0.2) is 18.2 Å². The average Bonchev–Trinajstić information content (AvgIpc) is 2.94. The highest BCUT2D eigenvalue weighted by Crippen LogP contribution is 2.25. The Morgan fingerprint density at radius 1 is 1.40 bits per heavy atom. The lowest BCUT2D eigenvalue weighted by Crippen LogP contribution is -2.24. The molecule has 1 unspecified atom stereocenters. The van der Waals surface area contributed by atoms with Crippen molar-refractivity contribution in [1.29, 1.82) is 0 Å². The molecule has 1 atom stereocenters. The van der Waals surface area contributed by atoms with Crippen molar-refractivity contribution >= 4 is 29.1 Å². The normalized spacial score (nSPS) is 17.9. The van der Waals surface area contributed by atoms with Crippen LogP contribution in [0.5, 0.6) is 0 Å². The van der Waals surface area contributed by atoms with Gasteiger partial charge in [-0.3, -0.25) is 9.59 Å². The summed E-state index contributed by atoms with van der Waals surface area (Å²) in [5, 5.41) is 3.17. The molecular formula is C14H17ClN2O3. The third-order valence-electron chi connectivity index (χ3n) is 3.18. The fourth-order valence-electron chi connectivity index (χ4n) is 1.99. The van der Waals surface area contributed by atoms with Gasteiger partial charge in [0.15, 0.2) is 0 Å². The maximum absolute atomic E-state index is 12.0. The molecule has 108 valence electrons. The topological polar surface area (TPSA) is 58.6 Å². The van der Waals surface area contributed by atoms with E-state index >= 15 is 0 Å². The Bertz CT molecular complexity index is 525. The van der Waals surface area contributed by atoms with E-state index in [1.807, 2.05) is 0 Å². The summed E-state index contributed by atoms with van der Waals surface area (Å²) in [4.78, 5) is 25.4. The van der Waals surface area contributed by atoms with Crippen LogP contribution in [0, 0.1) is 5.92 Å². The predicted octanol–water partition coefficient (Wildman–Crippen LogP) is 2.02. The molecule has 0 radical (unpaired) electrons. The van der Waals surface area contributed by atoms with Gasteiger partial charge >= 0.3 is 0 Å². The van der Waals surface area contributed by atoms with Gasteiger partial charge in [0.1, 0.15) is 0 Å². The summed E-state index contributed by atoms with van der Waals surface area (Å²) in [6.07, 6.45) is 0.708. The van der Waals surface area contributed by atoms with Crippen LogP contribution in [0.3, 0.4) is 0 Å². The van der Waals surface area contributed by atoms with E-state index in [1.165, 1.54) is 4.90 Å². The van der Waals surface area contributed by atoms with E-state index in [9.17, 15) is 9.59 Å². The Kier molecular flexibility index (Phi) is 4.62. The van der Waals surface area contributed by atoms with E-state index in [1.54, 1.807) is 32.3 Å². The number of carbonyl (C=O) groups is 2. The zero-order chi connectivity index (χ0) is 14.7. The molecule has 1 heterocycles. The molecule has 1 aliphatic heterocycles. The quantitative estimate of drug-likeness (QED) is 0.928. The number of hydrogen-bond acceptors (Lipinski definition) is 3. The van der Waals surface area contributed by atoms with Crippen molar-refractivity contribution in [3.8, 4) is 0 Å². The minimum Gasteiger partial charge on any atom is -0.381 e. The highest BCUT2D eigenvalue weighted by atomic mass is 35.5. The number of nitrogens with one attached hydrogen (secondary N) is 1. The van der Waals surface area contributed by atoms with Crippen molar-refractivity contribution in [3.63, 3.8) is 0 Å². The second kappa shape index (κ2) is 6.24. The summed E-state index contributed by atoms with van der Waals surface area (Å²) in [7, 11) is 3.34. The highest BCUT2D eigenvalue weighted by Gasteiger charge is 2.24. The van der Waals surface area contributed by atoms with E-state index in [2.05, 4.69) is 5.32 Å². The first-order valence-corrected chi connectivity index (χ1v) is 6.76. The maximum atomic E-state index is 12.0. The van der Waals surface area contributed by atoms with Gasteiger partial charge in [-0.15, -0.1) is 0 Å². The van der Waals surface area contributed by atoms with Crippen molar-refractivity contribution in [2.24, 2.45) is 5.92 Å². The minimum atomic E-state index is -0.153. The highest BCUT2D eigenvalue weighted by molar-refractivity contribution is 6.33. The van der Waals surface area contributed by atoms with Crippen molar-refractivity contribution in [2.75, 3.05) is 32.6 Å². The van der Waals surface area contributed by atoms with Gasteiger partial charge in [0.2, 0.25) is 5.91 Å². The van der Waals surface area contributed by atoms with Crippen LogP contribution < -0.4 is 5.32 Å². The third-order valence-corrected chi connectivity index (χ3v) is 3.51. The second-order valence-electron chi connectivity index (χ2n) is 4.94. The van der Waals surface area contributed by atoms with Gasteiger partial charge in [-0.25, -0.2) is 0 Å². The Labute approximate surface area is 122 Å². The number of carbonyl (C=O) groups excluding carboxylic acids is 2. The molecule has 0 aromatic heterocycles. The Hall–Kier alpha value is -1.59. The largest absolute Gasteiger partial charge is 0.381 e. The molecule has 0 aliphatic carbocycles. The first-order valence-electron chi connectivity index (χ1n) is 6.39. The van der Waals surface area contributed by atoms with E-state index in [4.69, 9.17) is 16.3 Å². The van der Waals surface area contributed by atoms with Crippen LogP contribution >= 0.6 is 11.6 Å². The number of anilines is 1. The van der Waals surface area contributed by atoms with Crippen LogP contribution in [0.1, 0.15) is 16.8 Å². The monoisotopic (exact) mass is 296 g/mol. The van der Waals surface area contributed by atoms with Gasteiger partial charge in [-0.05, 0) is 24.6 Å². The smallest absolute Gasteiger partial charge is 0.253 e. The molecule has 2 rings (SSSR count). The van der Waals surface area contributed by atoms with Gasteiger partial charge in [-0.2, -0.15) is 0 Å². The number of hydrogen-bond donors (Lipinski definition) is 1. The van der Waals surface area contributed by atoms with Gasteiger partial charge < -0.3 is 15.0 Å². The number of benzene rings is 1. The van der Waals surface area contributed by atoms with Crippen molar-refractivity contribution in [2.45, 2.75) is 6.42 Å². The Morgan fingerprint density at radius 2 is 2.15 bits per heavy atom. The molecule has 20 heavy (non-hydrogen) atoms. The Morgan fingerprint density at radius 3 is 2.75 bits per heavy atom. The molecular weight excluding hydrogens is 280 g/mol. The summed E-state index contributed by atoms with van der Waals surface area (Å²) < 4.78 is 5.18. The Balaban J connectivity index is 2.16. The van der Waals surface area contributed by atoms with E-state index in [0.717, 1.165) is 0 Å². The first kappa shape index (κ1) is 14.8. The predicted molar refractivity (Wildman–Crippen MR) is 77.0 cm³/mol. The van der Waals surface area contributed by atoms with Gasteiger partial charge in [0, 0.05) is 26.3 Å². The molecule has 5 nitrogen and oxygen atoms in total. The standard InChI is InChI=1S/C14H17ClN2O3/c1-17(2)14(19)9-3-4-11(15)12(7-9)16-13(18)10-5-6-20-8-10/h3-4,7,10H,5-6,8H2,1-2H3,(H,16,18). The summed E-state index contributed by atoms with van der Waals surface area (Å²) in [5.41, 5.74) is 0.939. The van der Waals surface area contributed by atoms with Crippen LogP contribution in [-0.2, 0) is 9.53 Å². The van der Waals surface area contributed by atoms with Gasteiger partial charge in [0.25, 0.3) is 5.91 Å². The molecule has 6 heteroatoms. The summed E-state index contributed by atoms with van der Waals surface area (Å²) in [6, 6.07) is 4.84. The number of rotatable bonds is 3. The average molecular weight is 297 g/mol. The van der Waals surface area contributed by atoms with E-state index < -0.39 is 0 Å². The fourth-order valence-corrected chi connectivity index (χ4v) is 2.15. The SMILES string of the molecule is CN(C)C(=O)c1ccc(Cl)c(NC(=O)C2CCOC2)c1. The fraction of sp³-hybridized carbons (Fsp3) is 0.429. The summed E-state index contributed by atoms with van der Waals surface area (Å²) >= 11 is 6.06. The lowest BCUT2D eigenvalue weighted by Gasteiger charge is -2.14. The lowest BCUT2D eigenvalue weighted by atomic mass is 10.1. The molecule has 1 saturated heterocycles. The third kappa shape index (κ3) is 3.29. The number of amides is 2. The number of halogens is 1.